The van der Waals surface area contributed by atoms with E-state index < -0.39 is 10.0 Å². The molecular weight excluding hydrogens is 400 g/mol. The van der Waals surface area contributed by atoms with E-state index in [1.54, 1.807) is 24.3 Å². The lowest BCUT2D eigenvalue weighted by atomic mass is 9.96. The molecule has 1 atom stereocenters. The van der Waals surface area contributed by atoms with Crippen molar-refractivity contribution in [3.63, 3.8) is 0 Å². The quantitative estimate of drug-likeness (QED) is 0.649. The van der Waals surface area contributed by atoms with Gasteiger partial charge in [0.1, 0.15) is 5.75 Å². The molecule has 2 aromatic carbocycles. The average Bonchev–Trinajstić information content (AvgIpc) is 2.67. The summed E-state index contributed by atoms with van der Waals surface area (Å²) < 4.78 is 31.0. The molecule has 0 aromatic heterocycles. The molecule has 164 valence electrons. The Balaban J connectivity index is 2.00. The number of ether oxygens (including phenoxy) is 1. The summed E-state index contributed by atoms with van der Waals surface area (Å²) in [5.74, 6) is 0.482. The highest BCUT2D eigenvalue weighted by atomic mass is 32.2. The first-order valence-electron chi connectivity index (χ1n) is 10.0. The summed E-state index contributed by atoms with van der Waals surface area (Å²) in [4.78, 5) is 12.5. The first-order chi connectivity index (χ1) is 14.0. The van der Waals surface area contributed by atoms with Crippen molar-refractivity contribution in [1.29, 1.82) is 0 Å². The van der Waals surface area contributed by atoms with E-state index in [0.717, 1.165) is 17.4 Å². The van der Waals surface area contributed by atoms with E-state index in [1.165, 1.54) is 22.5 Å². The fraction of sp³-hybridized carbons (Fsp3) is 0.435. The molecule has 30 heavy (non-hydrogen) atoms. The number of methoxy groups -OCH3 is 1. The summed E-state index contributed by atoms with van der Waals surface area (Å²) in [6.45, 7) is 8.36. The Bertz CT molecular complexity index is 1000. The summed E-state index contributed by atoms with van der Waals surface area (Å²) in [5, 5.41) is 3.03. The molecule has 0 spiro atoms. The number of anilines is 1. The van der Waals surface area contributed by atoms with Crippen LogP contribution in [0.3, 0.4) is 0 Å². The molecule has 0 aliphatic carbocycles. The van der Waals surface area contributed by atoms with Gasteiger partial charge in [-0.15, -0.1) is 0 Å². The Morgan fingerprint density at radius 3 is 2.40 bits per heavy atom. The van der Waals surface area contributed by atoms with Gasteiger partial charge in [-0.1, -0.05) is 18.2 Å². The van der Waals surface area contributed by atoms with Crippen molar-refractivity contribution in [3.8, 4) is 5.75 Å². The lowest BCUT2D eigenvalue weighted by Crippen LogP contribution is -2.32. The molecule has 0 fully saturated rings. The van der Waals surface area contributed by atoms with Crippen molar-refractivity contribution in [2.45, 2.75) is 46.6 Å². The maximum absolute atomic E-state index is 12.5. The van der Waals surface area contributed by atoms with E-state index in [-0.39, 0.29) is 24.9 Å². The second kappa shape index (κ2) is 9.98. The van der Waals surface area contributed by atoms with Crippen LogP contribution >= 0.6 is 0 Å². The largest absolute Gasteiger partial charge is 0.497 e. The molecular formula is C23H32N2O4S. The number of hydrogen-bond donors (Lipinski definition) is 1. The lowest BCUT2D eigenvalue weighted by Gasteiger charge is -2.23. The van der Waals surface area contributed by atoms with Gasteiger partial charge < -0.3 is 10.1 Å². The topological polar surface area (TPSA) is 75.7 Å². The highest BCUT2D eigenvalue weighted by Gasteiger charge is 2.19. The lowest BCUT2D eigenvalue weighted by molar-refractivity contribution is -0.121. The zero-order valence-corrected chi connectivity index (χ0v) is 19.5. The second-order valence-electron chi connectivity index (χ2n) is 7.72. The number of carbonyl (C=O) groups excluding carboxylic acids is 1. The van der Waals surface area contributed by atoms with Crippen LogP contribution in [0.5, 0.6) is 5.75 Å². The van der Waals surface area contributed by atoms with Gasteiger partial charge in [0, 0.05) is 19.0 Å². The maximum Gasteiger partial charge on any atom is 0.232 e. The summed E-state index contributed by atoms with van der Waals surface area (Å²) in [7, 11) is -1.94. The molecule has 7 heteroatoms. The summed E-state index contributed by atoms with van der Waals surface area (Å²) in [6, 6.07) is 11.0. The summed E-state index contributed by atoms with van der Waals surface area (Å²) in [5.41, 5.74) is 5.19. The van der Waals surface area contributed by atoms with Gasteiger partial charge in [-0.3, -0.25) is 9.10 Å². The molecule has 1 amide bonds. The van der Waals surface area contributed by atoms with Gasteiger partial charge in [-0.2, -0.15) is 0 Å². The van der Waals surface area contributed by atoms with Gasteiger partial charge in [0.25, 0.3) is 0 Å². The molecule has 0 saturated heterocycles. The third kappa shape index (κ3) is 6.23. The first-order valence-corrected chi connectivity index (χ1v) is 11.9. The number of carbonyl (C=O) groups is 1. The third-order valence-electron chi connectivity index (χ3n) is 5.23. The molecule has 0 radical (unpaired) electrons. The molecule has 2 rings (SSSR count). The Kier molecular flexibility index (Phi) is 7.89. The molecule has 0 aliphatic rings. The average molecular weight is 433 g/mol. The highest BCUT2D eigenvalue weighted by Crippen LogP contribution is 2.24. The van der Waals surface area contributed by atoms with Crippen molar-refractivity contribution in [3.05, 3.63) is 58.7 Å². The summed E-state index contributed by atoms with van der Waals surface area (Å²) >= 11 is 0. The summed E-state index contributed by atoms with van der Waals surface area (Å²) in [6.07, 6.45) is 1.82. The van der Waals surface area contributed by atoms with Crippen LogP contribution in [0.2, 0.25) is 0 Å². The van der Waals surface area contributed by atoms with Crippen LogP contribution < -0.4 is 14.4 Å². The number of aryl methyl sites for hydroxylation is 3. The molecule has 0 bridgehead atoms. The minimum Gasteiger partial charge on any atom is -0.497 e. The van der Waals surface area contributed by atoms with E-state index in [4.69, 9.17) is 4.74 Å². The zero-order valence-electron chi connectivity index (χ0n) is 18.7. The Morgan fingerprint density at radius 1 is 1.10 bits per heavy atom. The minimum absolute atomic E-state index is 0.0979. The monoisotopic (exact) mass is 432 g/mol. The number of hydrogen-bond acceptors (Lipinski definition) is 4. The van der Waals surface area contributed by atoms with E-state index >= 15 is 0 Å². The zero-order chi connectivity index (χ0) is 22.5. The van der Waals surface area contributed by atoms with Crippen molar-refractivity contribution >= 4 is 21.6 Å². The van der Waals surface area contributed by atoms with E-state index in [2.05, 4.69) is 31.3 Å². The SMILES string of the molecule is COc1cccc(N(CCCC(=O)N[C@H](C)c2cc(C)c(C)cc2C)S(C)(=O)=O)c1. The van der Waals surface area contributed by atoms with Gasteiger partial charge in [0.2, 0.25) is 15.9 Å². The Morgan fingerprint density at radius 2 is 1.77 bits per heavy atom. The predicted molar refractivity (Wildman–Crippen MR) is 122 cm³/mol. The molecule has 2 aromatic rings. The van der Waals surface area contributed by atoms with Crippen LogP contribution in [0.25, 0.3) is 0 Å². The Labute approximate surface area is 180 Å². The molecule has 0 unspecified atom stereocenters. The Hall–Kier alpha value is -2.54. The van der Waals surface area contributed by atoms with E-state index in [0.29, 0.717) is 17.9 Å². The number of benzene rings is 2. The molecule has 6 nitrogen and oxygen atoms in total. The van der Waals surface area contributed by atoms with Gasteiger partial charge >= 0.3 is 0 Å². The van der Waals surface area contributed by atoms with Gasteiger partial charge in [0.05, 0.1) is 25.1 Å². The highest BCUT2D eigenvalue weighted by molar-refractivity contribution is 7.92. The van der Waals surface area contributed by atoms with Gasteiger partial charge in [-0.05, 0) is 68.5 Å². The maximum atomic E-state index is 12.5. The minimum atomic E-state index is -3.48. The van der Waals surface area contributed by atoms with Crippen LogP contribution in [-0.2, 0) is 14.8 Å². The van der Waals surface area contributed by atoms with Crippen molar-refractivity contribution in [2.75, 3.05) is 24.2 Å². The molecule has 0 heterocycles. The number of amides is 1. The van der Waals surface area contributed by atoms with Crippen LogP contribution in [0.4, 0.5) is 5.69 Å². The van der Waals surface area contributed by atoms with Gasteiger partial charge in [-0.25, -0.2) is 8.42 Å². The fourth-order valence-corrected chi connectivity index (χ4v) is 4.43. The number of nitrogens with one attached hydrogen (secondary N) is 1. The number of sulfonamides is 1. The van der Waals surface area contributed by atoms with Crippen LogP contribution in [-0.4, -0.2) is 34.2 Å². The predicted octanol–water partition coefficient (Wildman–Crippen LogP) is 4.04. The van der Waals surface area contributed by atoms with Crippen molar-refractivity contribution in [1.82, 2.24) is 5.32 Å². The smallest absolute Gasteiger partial charge is 0.232 e. The van der Waals surface area contributed by atoms with Crippen LogP contribution in [0, 0.1) is 20.8 Å². The van der Waals surface area contributed by atoms with Crippen molar-refractivity contribution < 1.29 is 17.9 Å². The molecule has 0 aliphatic heterocycles. The fourth-order valence-electron chi connectivity index (χ4n) is 3.48. The number of nitrogens with zero attached hydrogens (tertiary/aromatic N) is 1. The van der Waals surface area contributed by atoms with Crippen molar-refractivity contribution in [2.24, 2.45) is 0 Å². The van der Waals surface area contributed by atoms with Gasteiger partial charge in [0.15, 0.2) is 0 Å². The molecule has 1 N–H and O–H groups in total. The standard InChI is InChI=1S/C23H32N2O4S/c1-16-13-18(3)22(14-17(16)2)19(4)24-23(26)11-8-12-25(30(6,27)28)20-9-7-10-21(15-20)29-5/h7,9-10,13-15,19H,8,11-12H2,1-6H3,(H,24,26)/t19-/m1/s1. The van der Waals surface area contributed by atoms with Crippen LogP contribution in [0.1, 0.15) is 48.1 Å². The molecule has 0 saturated carbocycles. The van der Waals surface area contributed by atoms with E-state index in [9.17, 15) is 13.2 Å². The normalized spacial score (nSPS) is 12.3. The second-order valence-corrected chi connectivity index (χ2v) is 9.63. The third-order valence-corrected chi connectivity index (χ3v) is 6.43. The number of rotatable bonds is 9. The first kappa shape index (κ1) is 23.7. The van der Waals surface area contributed by atoms with Crippen LogP contribution in [0.15, 0.2) is 36.4 Å². The van der Waals surface area contributed by atoms with E-state index in [1.807, 2.05) is 13.8 Å².